The van der Waals surface area contributed by atoms with Crippen LogP contribution in [-0.4, -0.2) is 54.8 Å². The van der Waals surface area contributed by atoms with E-state index in [0.717, 1.165) is 11.1 Å². The highest BCUT2D eigenvalue weighted by Gasteiger charge is 2.40. The third-order valence-electron chi connectivity index (χ3n) is 5.55. The van der Waals surface area contributed by atoms with Crippen molar-refractivity contribution < 1.29 is 14.4 Å². The summed E-state index contributed by atoms with van der Waals surface area (Å²) in [6.07, 6.45) is 1.00. The summed E-state index contributed by atoms with van der Waals surface area (Å²) in [5.41, 5.74) is 2.79. The summed E-state index contributed by atoms with van der Waals surface area (Å²) in [5, 5.41) is 9.28. The van der Waals surface area contributed by atoms with Crippen molar-refractivity contribution in [3.63, 3.8) is 0 Å². The van der Waals surface area contributed by atoms with Crippen LogP contribution in [0, 0.1) is 0 Å². The molecule has 0 spiro atoms. The molecule has 0 aromatic heterocycles. The first-order valence-electron chi connectivity index (χ1n) is 9.92. The molecule has 2 aromatic rings. The molecule has 156 valence electrons. The fourth-order valence-electron chi connectivity index (χ4n) is 4.05. The number of carbonyl (C=O) groups is 3. The Hall–Kier alpha value is -2.90. The molecule has 2 heterocycles. The van der Waals surface area contributed by atoms with Crippen molar-refractivity contribution in [1.82, 2.24) is 15.5 Å². The lowest BCUT2D eigenvalue weighted by Crippen LogP contribution is -2.55. The molecule has 4 rings (SSSR count). The Morgan fingerprint density at radius 1 is 1.17 bits per heavy atom. The van der Waals surface area contributed by atoms with Crippen molar-refractivity contribution >= 4 is 35.0 Å². The number of hydrogen-bond donors (Lipinski definition) is 3. The molecule has 1 saturated heterocycles. The second-order valence-corrected chi connectivity index (χ2v) is 8.03. The predicted molar refractivity (Wildman–Crippen MR) is 115 cm³/mol. The minimum atomic E-state index is -0.613. The maximum absolute atomic E-state index is 13.3. The molecule has 8 heteroatoms. The second kappa shape index (κ2) is 8.45. The van der Waals surface area contributed by atoms with Crippen LogP contribution in [-0.2, 0) is 9.59 Å². The summed E-state index contributed by atoms with van der Waals surface area (Å²) in [5.74, 6) is -0.523. The summed E-state index contributed by atoms with van der Waals surface area (Å²) in [4.78, 5) is 39.7. The highest BCUT2D eigenvalue weighted by molar-refractivity contribution is 6.30. The second-order valence-electron chi connectivity index (χ2n) is 7.59. The zero-order valence-corrected chi connectivity index (χ0v) is 17.3. The van der Waals surface area contributed by atoms with Gasteiger partial charge in [-0.1, -0.05) is 29.8 Å². The number of hydrogen-bond acceptors (Lipinski definition) is 4. The van der Waals surface area contributed by atoms with Crippen LogP contribution in [0.3, 0.4) is 0 Å². The van der Waals surface area contributed by atoms with Gasteiger partial charge in [-0.2, -0.15) is 0 Å². The molecule has 0 saturated carbocycles. The molecular weight excluding hydrogens is 404 g/mol. The van der Waals surface area contributed by atoms with Crippen LogP contribution < -0.4 is 16.0 Å². The standard InChI is InChI=1S/C22H23ClN4O3/c1-24-12-20(28)25-16-8-9-27-19(11-16)21(29)26-18-7-4-14(10-17(18)22(27)30)13-2-5-15(23)6-3-13/h2-7,10,16,19,24H,8-9,11-12H2,1H3,(H,25,28)(H,26,29). The minimum Gasteiger partial charge on any atom is -0.352 e. The molecule has 2 atom stereocenters. The number of benzene rings is 2. The van der Waals surface area contributed by atoms with Gasteiger partial charge in [0.05, 0.1) is 17.8 Å². The fraction of sp³-hybridized carbons (Fsp3) is 0.318. The largest absolute Gasteiger partial charge is 0.352 e. The van der Waals surface area contributed by atoms with Gasteiger partial charge < -0.3 is 20.9 Å². The summed E-state index contributed by atoms with van der Waals surface area (Å²) >= 11 is 5.97. The highest BCUT2D eigenvalue weighted by Crippen LogP contribution is 2.32. The molecule has 2 aliphatic rings. The lowest BCUT2D eigenvalue weighted by Gasteiger charge is -2.37. The van der Waals surface area contributed by atoms with Crippen LogP contribution in [0.5, 0.6) is 0 Å². The topological polar surface area (TPSA) is 90.5 Å². The van der Waals surface area contributed by atoms with Crippen LogP contribution in [0.25, 0.3) is 11.1 Å². The molecule has 1 fully saturated rings. The van der Waals surface area contributed by atoms with Gasteiger partial charge in [-0.3, -0.25) is 14.4 Å². The van der Waals surface area contributed by atoms with Gasteiger partial charge >= 0.3 is 0 Å². The number of piperidine rings is 1. The lowest BCUT2D eigenvalue weighted by molar-refractivity contribution is -0.124. The van der Waals surface area contributed by atoms with E-state index in [1.165, 1.54) is 0 Å². The molecule has 2 aromatic carbocycles. The molecule has 0 aliphatic carbocycles. The Morgan fingerprint density at radius 3 is 2.63 bits per heavy atom. The molecule has 2 aliphatic heterocycles. The SMILES string of the molecule is CNCC(=O)NC1CCN2C(=O)c3cc(-c4ccc(Cl)cc4)ccc3NC(=O)C2C1. The summed E-state index contributed by atoms with van der Waals surface area (Å²) in [6.45, 7) is 0.626. The van der Waals surface area contributed by atoms with Crippen LogP contribution in [0.2, 0.25) is 5.02 Å². The molecule has 3 amide bonds. The number of rotatable bonds is 4. The number of carbonyl (C=O) groups excluding carboxylic acids is 3. The van der Waals surface area contributed by atoms with E-state index in [-0.39, 0.29) is 30.3 Å². The maximum atomic E-state index is 13.3. The van der Waals surface area contributed by atoms with Crippen LogP contribution >= 0.6 is 11.6 Å². The van der Waals surface area contributed by atoms with Gasteiger partial charge in [0.1, 0.15) is 6.04 Å². The normalized spacial score (nSPS) is 20.7. The van der Waals surface area contributed by atoms with E-state index in [2.05, 4.69) is 16.0 Å². The third-order valence-corrected chi connectivity index (χ3v) is 5.81. The van der Waals surface area contributed by atoms with Crippen molar-refractivity contribution in [2.24, 2.45) is 0 Å². The average molecular weight is 427 g/mol. The summed E-state index contributed by atoms with van der Waals surface area (Å²) in [6, 6.07) is 12.1. The summed E-state index contributed by atoms with van der Waals surface area (Å²) < 4.78 is 0. The van der Waals surface area contributed by atoms with Crippen LogP contribution in [0.15, 0.2) is 42.5 Å². The van der Waals surface area contributed by atoms with E-state index in [1.807, 2.05) is 24.3 Å². The molecule has 3 N–H and O–H groups in total. The molecule has 0 radical (unpaired) electrons. The Bertz CT molecular complexity index is 992. The number of likely N-dealkylation sites (N-methyl/N-ethyl adjacent to an activating group) is 1. The van der Waals surface area contributed by atoms with Gasteiger partial charge in [-0.05, 0) is 55.3 Å². The lowest BCUT2D eigenvalue weighted by atomic mass is 9.95. The molecule has 0 bridgehead atoms. The molecular formula is C22H23ClN4O3. The van der Waals surface area contributed by atoms with Gasteiger partial charge in [-0.25, -0.2) is 0 Å². The number of fused-ring (bicyclic) bond motifs is 2. The number of halogens is 1. The van der Waals surface area contributed by atoms with Crippen LogP contribution in [0.4, 0.5) is 5.69 Å². The van der Waals surface area contributed by atoms with Crippen molar-refractivity contribution in [2.75, 3.05) is 25.5 Å². The van der Waals surface area contributed by atoms with Crippen molar-refractivity contribution in [3.05, 3.63) is 53.1 Å². The Kier molecular flexibility index (Phi) is 5.74. The first kappa shape index (κ1) is 20.4. The summed E-state index contributed by atoms with van der Waals surface area (Å²) in [7, 11) is 1.70. The number of nitrogens with one attached hydrogen (secondary N) is 3. The first-order valence-corrected chi connectivity index (χ1v) is 10.3. The molecule has 7 nitrogen and oxygen atoms in total. The van der Waals surface area contributed by atoms with E-state index in [9.17, 15) is 14.4 Å². The van der Waals surface area contributed by atoms with Gasteiger partial charge in [0.15, 0.2) is 0 Å². The first-order chi connectivity index (χ1) is 14.5. The Labute approximate surface area is 179 Å². The zero-order chi connectivity index (χ0) is 21.3. The van der Waals surface area contributed by atoms with Gasteiger partial charge in [0.25, 0.3) is 5.91 Å². The molecule has 2 unspecified atom stereocenters. The average Bonchev–Trinajstić information content (AvgIpc) is 2.83. The van der Waals surface area contributed by atoms with E-state index >= 15 is 0 Å². The van der Waals surface area contributed by atoms with E-state index < -0.39 is 6.04 Å². The van der Waals surface area contributed by atoms with E-state index in [1.54, 1.807) is 30.1 Å². The maximum Gasteiger partial charge on any atom is 0.256 e. The van der Waals surface area contributed by atoms with Gasteiger partial charge in [0.2, 0.25) is 11.8 Å². The van der Waals surface area contributed by atoms with Gasteiger partial charge in [0, 0.05) is 17.6 Å². The van der Waals surface area contributed by atoms with Crippen molar-refractivity contribution in [1.29, 1.82) is 0 Å². The number of nitrogens with zero attached hydrogens (tertiary/aromatic N) is 1. The number of anilines is 1. The predicted octanol–water partition coefficient (Wildman–Crippen LogP) is 2.27. The quantitative estimate of drug-likeness (QED) is 0.699. The highest BCUT2D eigenvalue weighted by atomic mass is 35.5. The Morgan fingerprint density at radius 2 is 1.90 bits per heavy atom. The zero-order valence-electron chi connectivity index (χ0n) is 16.6. The van der Waals surface area contributed by atoms with E-state index in [0.29, 0.717) is 35.7 Å². The van der Waals surface area contributed by atoms with Crippen molar-refractivity contribution in [3.8, 4) is 11.1 Å². The van der Waals surface area contributed by atoms with Crippen molar-refractivity contribution in [2.45, 2.75) is 24.9 Å². The van der Waals surface area contributed by atoms with Gasteiger partial charge in [-0.15, -0.1) is 0 Å². The third kappa shape index (κ3) is 4.04. The number of amides is 3. The van der Waals surface area contributed by atoms with E-state index in [4.69, 9.17) is 11.6 Å². The fourth-order valence-corrected chi connectivity index (χ4v) is 4.18. The van der Waals surface area contributed by atoms with Crippen LogP contribution in [0.1, 0.15) is 23.2 Å². The monoisotopic (exact) mass is 426 g/mol. The molecule has 30 heavy (non-hydrogen) atoms. The Balaban J connectivity index is 1.59. The smallest absolute Gasteiger partial charge is 0.256 e. The minimum absolute atomic E-state index is 0.118.